The van der Waals surface area contributed by atoms with Gasteiger partial charge in [-0.3, -0.25) is 4.79 Å². The molecular formula is C22H23FN6O. The number of carbonyl (C=O) groups excluding carboxylic acids is 1. The molecule has 4 rings (SSSR count). The molecule has 1 unspecified atom stereocenters. The molecule has 0 aliphatic carbocycles. The Morgan fingerprint density at radius 2 is 2.07 bits per heavy atom. The van der Waals surface area contributed by atoms with Gasteiger partial charge in [0.05, 0.1) is 5.69 Å². The summed E-state index contributed by atoms with van der Waals surface area (Å²) < 4.78 is 13.6. The summed E-state index contributed by atoms with van der Waals surface area (Å²) in [4.78, 5) is 31.7. The average Bonchev–Trinajstić information content (AvgIpc) is 2.79. The monoisotopic (exact) mass is 406 g/mol. The summed E-state index contributed by atoms with van der Waals surface area (Å²) >= 11 is 0. The molecule has 1 saturated heterocycles. The summed E-state index contributed by atoms with van der Waals surface area (Å²) in [6.45, 7) is 3.24. The number of hydrogen-bond acceptors (Lipinski definition) is 6. The van der Waals surface area contributed by atoms with E-state index in [-0.39, 0.29) is 17.6 Å². The van der Waals surface area contributed by atoms with Crippen LogP contribution in [0.5, 0.6) is 0 Å². The molecule has 8 heteroatoms. The fraction of sp³-hybridized carbons (Fsp3) is 0.318. The van der Waals surface area contributed by atoms with E-state index >= 15 is 0 Å². The quantitative estimate of drug-likeness (QED) is 0.691. The van der Waals surface area contributed by atoms with Crippen molar-refractivity contribution in [2.45, 2.75) is 32.1 Å². The van der Waals surface area contributed by atoms with Crippen LogP contribution in [0.15, 0.2) is 49.1 Å². The molecular weight excluding hydrogens is 383 g/mol. The van der Waals surface area contributed by atoms with Crippen LogP contribution in [-0.4, -0.2) is 43.8 Å². The minimum absolute atomic E-state index is 0.0342. The lowest BCUT2D eigenvalue weighted by atomic mass is 9.96. The molecule has 1 aliphatic rings. The number of nitrogens with zero attached hydrogens (tertiary/aromatic N) is 5. The number of amides is 1. The molecule has 1 N–H and O–H groups in total. The fourth-order valence-corrected chi connectivity index (χ4v) is 3.64. The number of halogens is 1. The Kier molecular flexibility index (Phi) is 5.92. The van der Waals surface area contributed by atoms with E-state index in [2.05, 4.69) is 15.3 Å². The first-order chi connectivity index (χ1) is 14.6. The summed E-state index contributed by atoms with van der Waals surface area (Å²) in [5, 5.41) is 3.17. The lowest BCUT2D eigenvalue weighted by Crippen LogP contribution is -2.39. The van der Waals surface area contributed by atoms with Crippen LogP contribution >= 0.6 is 0 Å². The second-order valence-electron chi connectivity index (χ2n) is 7.29. The van der Waals surface area contributed by atoms with Crippen molar-refractivity contribution in [3.63, 3.8) is 0 Å². The zero-order chi connectivity index (χ0) is 20.9. The zero-order valence-electron chi connectivity index (χ0n) is 16.8. The van der Waals surface area contributed by atoms with Crippen molar-refractivity contribution in [2.24, 2.45) is 0 Å². The molecule has 3 aromatic rings. The number of likely N-dealkylation sites (tertiary alicyclic amines) is 1. The molecule has 1 amide bonds. The lowest BCUT2D eigenvalue weighted by molar-refractivity contribution is -0.132. The molecule has 30 heavy (non-hydrogen) atoms. The minimum Gasteiger partial charge on any atom is -0.342 e. The Balaban J connectivity index is 1.69. The van der Waals surface area contributed by atoms with Gasteiger partial charge in [-0.15, -0.1) is 0 Å². The molecule has 1 aromatic carbocycles. The summed E-state index contributed by atoms with van der Waals surface area (Å²) in [7, 11) is 0. The summed E-state index contributed by atoms with van der Waals surface area (Å²) in [6.07, 6.45) is 7.15. The van der Waals surface area contributed by atoms with E-state index < -0.39 is 0 Å². The number of aromatic nitrogens is 4. The molecule has 0 bridgehead atoms. The van der Waals surface area contributed by atoms with Gasteiger partial charge in [0.2, 0.25) is 5.91 Å². The molecule has 1 fully saturated rings. The fourth-order valence-electron chi connectivity index (χ4n) is 3.64. The lowest BCUT2D eigenvalue weighted by Gasteiger charge is -2.32. The third-order valence-corrected chi connectivity index (χ3v) is 5.14. The van der Waals surface area contributed by atoms with Crippen LogP contribution < -0.4 is 5.32 Å². The second-order valence-corrected chi connectivity index (χ2v) is 7.29. The smallest absolute Gasteiger partial charge is 0.222 e. The SMILES string of the molecule is CCC(=O)N1CCCC(c2nc(Nc3cccc(F)c3)cc(-c3cncnc3)n2)C1. The minimum atomic E-state index is -0.327. The first-order valence-electron chi connectivity index (χ1n) is 10.1. The Labute approximate surface area is 174 Å². The van der Waals surface area contributed by atoms with Gasteiger partial charge >= 0.3 is 0 Å². The third-order valence-electron chi connectivity index (χ3n) is 5.14. The van der Waals surface area contributed by atoms with Crippen molar-refractivity contribution in [3.8, 4) is 11.3 Å². The number of anilines is 2. The molecule has 154 valence electrons. The van der Waals surface area contributed by atoms with E-state index in [1.54, 1.807) is 30.6 Å². The molecule has 0 saturated carbocycles. The summed E-state index contributed by atoms with van der Waals surface area (Å²) in [5.74, 6) is 1.07. The number of benzene rings is 1. The van der Waals surface area contributed by atoms with Gasteiger partial charge in [-0.2, -0.15) is 0 Å². The Morgan fingerprint density at radius 1 is 1.23 bits per heavy atom. The first-order valence-corrected chi connectivity index (χ1v) is 10.1. The van der Waals surface area contributed by atoms with E-state index in [0.29, 0.717) is 36.0 Å². The van der Waals surface area contributed by atoms with Gasteiger partial charge in [0.15, 0.2) is 0 Å². The van der Waals surface area contributed by atoms with Crippen molar-refractivity contribution in [2.75, 3.05) is 18.4 Å². The Bertz CT molecular complexity index is 1030. The molecule has 1 aliphatic heterocycles. The van der Waals surface area contributed by atoms with Gasteiger partial charge in [0, 0.05) is 55.1 Å². The first kappa shape index (κ1) is 19.9. The van der Waals surface area contributed by atoms with E-state index in [9.17, 15) is 9.18 Å². The van der Waals surface area contributed by atoms with Gasteiger partial charge in [-0.25, -0.2) is 24.3 Å². The van der Waals surface area contributed by atoms with Crippen molar-refractivity contribution in [1.82, 2.24) is 24.8 Å². The third kappa shape index (κ3) is 4.59. The second kappa shape index (κ2) is 8.94. The van der Waals surface area contributed by atoms with Crippen molar-refractivity contribution in [1.29, 1.82) is 0 Å². The molecule has 7 nitrogen and oxygen atoms in total. The maximum atomic E-state index is 13.6. The maximum Gasteiger partial charge on any atom is 0.222 e. The number of rotatable bonds is 5. The van der Waals surface area contributed by atoms with Crippen LogP contribution in [-0.2, 0) is 4.79 Å². The maximum absolute atomic E-state index is 13.6. The van der Waals surface area contributed by atoms with Crippen LogP contribution in [0.3, 0.4) is 0 Å². The van der Waals surface area contributed by atoms with Crippen LogP contribution in [0.4, 0.5) is 15.9 Å². The Hall–Kier alpha value is -3.42. The highest BCUT2D eigenvalue weighted by molar-refractivity contribution is 5.76. The normalized spacial score (nSPS) is 16.3. The van der Waals surface area contributed by atoms with Crippen LogP contribution in [0.1, 0.15) is 37.9 Å². The standard InChI is InChI=1S/C22H23FN6O/c1-2-21(30)29-8-4-5-15(13-29)22-27-19(16-11-24-14-25-12-16)10-20(28-22)26-18-7-3-6-17(23)9-18/h3,6-7,9-12,14-15H,2,4-5,8,13H2,1H3,(H,26,27,28). The van der Waals surface area contributed by atoms with Gasteiger partial charge in [-0.05, 0) is 31.0 Å². The van der Waals surface area contributed by atoms with E-state index in [1.165, 1.54) is 18.5 Å². The van der Waals surface area contributed by atoms with Crippen LogP contribution in [0.2, 0.25) is 0 Å². The molecule has 3 heterocycles. The number of piperidine rings is 1. The topological polar surface area (TPSA) is 83.9 Å². The van der Waals surface area contributed by atoms with Gasteiger partial charge in [0.25, 0.3) is 0 Å². The number of hydrogen-bond donors (Lipinski definition) is 1. The largest absolute Gasteiger partial charge is 0.342 e. The molecule has 0 spiro atoms. The molecule has 1 atom stereocenters. The Morgan fingerprint density at radius 3 is 2.83 bits per heavy atom. The highest BCUT2D eigenvalue weighted by Gasteiger charge is 2.26. The average molecular weight is 406 g/mol. The van der Waals surface area contributed by atoms with E-state index in [1.807, 2.05) is 11.8 Å². The van der Waals surface area contributed by atoms with Crippen molar-refractivity contribution < 1.29 is 9.18 Å². The zero-order valence-corrected chi connectivity index (χ0v) is 16.8. The predicted molar refractivity (Wildman–Crippen MR) is 112 cm³/mol. The summed E-state index contributed by atoms with van der Waals surface area (Å²) in [5.41, 5.74) is 2.04. The van der Waals surface area contributed by atoms with Crippen molar-refractivity contribution >= 4 is 17.4 Å². The number of nitrogens with one attached hydrogen (secondary N) is 1. The molecule has 0 radical (unpaired) electrons. The number of carbonyl (C=O) groups is 1. The van der Waals surface area contributed by atoms with Crippen molar-refractivity contribution in [3.05, 3.63) is 60.7 Å². The highest BCUT2D eigenvalue weighted by atomic mass is 19.1. The van der Waals surface area contributed by atoms with Gasteiger partial charge in [0.1, 0.15) is 23.8 Å². The van der Waals surface area contributed by atoms with Gasteiger partial charge in [-0.1, -0.05) is 13.0 Å². The van der Waals surface area contributed by atoms with E-state index in [4.69, 9.17) is 9.97 Å². The van der Waals surface area contributed by atoms with Gasteiger partial charge < -0.3 is 10.2 Å². The van der Waals surface area contributed by atoms with Crippen LogP contribution in [0.25, 0.3) is 11.3 Å². The van der Waals surface area contributed by atoms with Crippen LogP contribution in [0, 0.1) is 5.82 Å². The van der Waals surface area contributed by atoms with E-state index in [0.717, 1.165) is 24.9 Å². The summed E-state index contributed by atoms with van der Waals surface area (Å²) in [6, 6.07) is 8.02. The molecule has 2 aromatic heterocycles. The highest BCUT2D eigenvalue weighted by Crippen LogP contribution is 2.29. The predicted octanol–water partition coefficient (Wildman–Crippen LogP) is 3.93.